The molecular formula is C18H14O4S. The van der Waals surface area contributed by atoms with E-state index in [4.69, 9.17) is 8.37 Å². The van der Waals surface area contributed by atoms with E-state index >= 15 is 0 Å². The van der Waals surface area contributed by atoms with Crippen molar-refractivity contribution in [1.29, 1.82) is 0 Å². The predicted molar refractivity (Wildman–Crippen MR) is 91.5 cm³/mol. The lowest BCUT2D eigenvalue weighted by Gasteiger charge is -2.03. The smallest absolute Gasteiger partial charge is 0.350 e. The van der Waals surface area contributed by atoms with Crippen molar-refractivity contribution < 1.29 is 18.0 Å². The topological polar surface area (TPSA) is 52.6 Å². The zero-order valence-electron chi connectivity index (χ0n) is 12.2. The molecule has 0 unspecified atom stereocenters. The highest BCUT2D eigenvalue weighted by molar-refractivity contribution is 7.90. The van der Waals surface area contributed by atoms with Gasteiger partial charge in [-0.3, -0.25) is 0 Å². The molecule has 0 aromatic heterocycles. The Morgan fingerprint density at radius 2 is 1.09 bits per heavy atom. The fourth-order valence-electron chi connectivity index (χ4n) is 1.69. The van der Waals surface area contributed by atoms with Gasteiger partial charge in [0.15, 0.2) is 0 Å². The van der Waals surface area contributed by atoms with Gasteiger partial charge < -0.3 is 8.37 Å². The molecule has 2 aromatic carbocycles. The molecule has 0 saturated heterocycles. The van der Waals surface area contributed by atoms with Gasteiger partial charge in [0, 0.05) is 0 Å². The van der Waals surface area contributed by atoms with Crippen LogP contribution in [-0.4, -0.2) is 11.9 Å². The van der Waals surface area contributed by atoms with E-state index < -0.39 is 11.9 Å². The maximum atomic E-state index is 11.8. The van der Waals surface area contributed by atoms with Gasteiger partial charge in [0.05, 0.1) is 11.1 Å². The minimum absolute atomic E-state index is 0.340. The van der Waals surface area contributed by atoms with Gasteiger partial charge in [0.1, 0.15) is 0 Å². The second-order valence-electron chi connectivity index (χ2n) is 4.46. The summed E-state index contributed by atoms with van der Waals surface area (Å²) in [6, 6.07) is 13.4. The second kappa shape index (κ2) is 8.00. The number of hydrogen-bond donors (Lipinski definition) is 0. The van der Waals surface area contributed by atoms with Crippen LogP contribution >= 0.6 is 12.3 Å². The van der Waals surface area contributed by atoms with Gasteiger partial charge in [-0.25, -0.2) is 9.59 Å². The van der Waals surface area contributed by atoms with Gasteiger partial charge in [-0.2, -0.15) is 0 Å². The van der Waals surface area contributed by atoms with Crippen molar-refractivity contribution >= 4 is 36.4 Å². The lowest BCUT2D eigenvalue weighted by Crippen LogP contribution is -2.04. The summed E-state index contributed by atoms with van der Waals surface area (Å²) >= 11 is 0.340. The second-order valence-corrected chi connectivity index (χ2v) is 4.93. The fraction of sp³-hybridized carbons (Fsp3) is 0. The number of hydrogen-bond acceptors (Lipinski definition) is 5. The quantitative estimate of drug-likeness (QED) is 0.729. The van der Waals surface area contributed by atoms with Crippen LogP contribution in [0.5, 0.6) is 0 Å². The molecule has 116 valence electrons. The number of carbonyl (C=O) groups excluding carboxylic acids is 2. The van der Waals surface area contributed by atoms with Gasteiger partial charge in [0.2, 0.25) is 0 Å². The largest absolute Gasteiger partial charge is 0.352 e. The highest BCUT2D eigenvalue weighted by Crippen LogP contribution is 2.15. The summed E-state index contributed by atoms with van der Waals surface area (Å²) < 4.78 is 9.66. The van der Waals surface area contributed by atoms with E-state index in [1.54, 1.807) is 60.7 Å². The first-order chi connectivity index (χ1) is 11.1. The molecule has 0 aliphatic rings. The molecule has 2 aromatic rings. The Kier molecular flexibility index (Phi) is 5.77. The van der Waals surface area contributed by atoms with E-state index in [2.05, 4.69) is 13.2 Å². The van der Waals surface area contributed by atoms with Crippen molar-refractivity contribution in [2.75, 3.05) is 0 Å². The van der Waals surface area contributed by atoms with Gasteiger partial charge in [0.25, 0.3) is 12.3 Å². The Balaban J connectivity index is 1.85. The summed E-state index contributed by atoms with van der Waals surface area (Å²) in [5.74, 6) is -1.19. The van der Waals surface area contributed by atoms with Crippen molar-refractivity contribution in [3.05, 3.63) is 83.9 Å². The average Bonchev–Trinajstić information content (AvgIpc) is 2.61. The first-order valence-corrected chi connectivity index (χ1v) is 7.35. The first-order valence-electron chi connectivity index (χ1n) is 6.69. The zero-order valence-corrected chi connectivity index (χ0v) is 13.0. The molecule has 0 fully saturated rings. The van der Waals surface area contributed by atoms with Crippen LogP contribution in [-0.2, 0) is 8.37 Å². The third-order valence-corrected chi connectivity index (χ3v) is 3.42. The van der Waals surface area contributed by atoms with Gasteiger partial charge in [-0.15, -0.1) is 0 Å². The van der Waals surface area contributed by atoms with Gasteiger partial charge >= 0.3 is 11.9 Å². The van der Waals surface area contributed by atoms with E-state index in [-0.39, 0.29) is 0 Å². The summed E-state index contributed by atoms with van der Waals surface area (Å²) in [6.45, 7) is 7.26. The lowest BCUT2D eigenvalue weighted by atomic mass is 10.1. The Morgan fingerprint density at radius 1 is 0.739 bits per heavy atom. The van der Waals surface area contributed by atoms with E-state index in [1.807, 2.05) is 0 Å². The summed E-state index contributed by atoms with van der Waals surface area (Å²) in [5.41, 5.74) is 2.50. The highest BCUT2D eigenvalue weighted by atomic mass is 32.2. The summed E-state index contributed by atoms with van der Waals surface area (Å²) in [4.78, 5) is 23.5. The van der Waals surface area contributed by atoms with Crippen molar-refractivity contribution in [2.24, 2.45) is 0 Å². The molecule has 0 amide bonds. The molecule has 0 radical (unpaired) electrons. The molecule has 0 bridgehead atoms. The van der Waals surface area contributed by atoms with Gasteiger partial charge in [-0.05, 0) is 35.4 Å². The molecule has 0 aliphatic carbocycles. The Morgan fingerprint density at radius 3 is 1.39 bits per heavy atom. The van der Waals surface area contributed by atoms with Crippen LogP contribution in [0.4, 0.5) is 0 Å². The Hall–Kier alpha value is -2.79. The standard InChI is InChI=1S/C18H14O4S/c1-3-13-5-9-15(10-6-13)17(19)21-23-22-18(20)16-11-7-14(4-2)8-12-16/h3-12H,1-2H2. The van der Waals surface area contributed by atoms with Crippen LogP contribution in [0.2, 0.25) is 0 Å². The molecule has 0 N–H and O–H groups in total. The molecule has 0 aliphatic heterocycles. The van der Waals surface area contributed by atoms with Crippen LogP contribution in [0.1, 0.15) is 31.8 Å². The molecule has 0 spiro atoms. The minimum Gasteiger partial charge on any atom is -0.350 e. The van der Waals surface area contributed by atoms with Crippen molar-refractivity contribution in [3.8, 4) is 0 Å². The van der Waals surface area contributed by atoms with E-state index in [9.17, 15) is 9.59 Å². The zero-order chi connectivity index (χ0) is 16.7. The van der Waals surface area contributed by atoms with Crippen molar-refractivity contribution in [2.45, 2.75) is 0 Å². The molecule has 2 rings (SSSR count). The minimum atomic E-state index is -0.597. The first kappa shape index (κ1) is 16.6. The third kappa shape index (κ3) is 4.59. The van der Waals surface area contributed by atoms with Gasteiger partial charge in [-0.1, -0.05) is 49.6 Å². The fourth-order valence-corrected chi connectivity index (χ4v) is 2.04. The maximum absolute atomic E-state index is 11.8. The van der Waals surface area contributed by atoms with Crippen molar-refractivity contribution in [3.63, 3.8) is 0 Å². The van der Waals surface area contributed by atoms with E-state index in [1.165, 1.54) is 0 Å². The van der Waals surface area contributed by atoms with E-state index in [0.717, 1.165) is 11.1 Å². The van der Waals surface area contributed by atoms with Crippen LogP contribution in [0.25, 0.3) is 12.2 Å². The summed E-state index contributed by atoms with van der Waals surface area (Å²) in [6.07, 6.45) is 3.34. The van der Waals surface area contributed by atoms with Crippen LogP contribution < -0.4 is 0 Å². The number of rotatable bonds is 6. The molecular weight excluding hydrogens is 312 g/mol. The summed E-state index contributed by atoms with van der Waals surface area (Å²) in [5, 5.41) is 0. The number of carbonyl (C=O) groups is 2. The van der Waals surface area contributed by atoms with Crippen LogP contribution in [0.15, 0.2) is 61.7 Å². The summed E-state index contributed by atoms with van der Waals surface area (Å²) in [7, 11) is 0. The normalized spacial score (nSPS) is 9.74. The third-order valence-electron chi connectivity index (χ3n) is 2.98. The predicted octanol–water partition coefficient (Wildman–Crippen LogP) is 4.55. The maximum Gasteiger partial charge on any atom is 0.352 e. The lowest BCUT2D eigenvalue weighted by molar-refractivity contribution is 0.0703. The Bertz CT molecular complexity index is 654. The highest BCUT2D eigenvalue weighted by Gasteiger charge is 2.12. The molecule has 5 heteroatoms. The van der Waals surface area contributed by atoms with E-state index in [0.29, 0.717) is 23.5 Å². The van der Waals surface area contributed by atoms with Crippen molar-refractivity contribution in [1.82, 2.24) is 0 Å². The molecule has 0 atom stereocenters. The SMILES string of the molecule is C=Cc1ccc(C(=O)OSOC(=O)c2ccc(C=C)cc2)cc1. The molecule has 23 heavy (non-hydrogen) atoms. The van der Waals surface area contributed by atoms with Crippen LogP contribution in [0.3, 0.4) is 0 Å². The molecule has 4 nitrogen and oxygen atoms in total. The number of benzene rings is 2. The molecule has 0 heterocycles. The Labute approximate surface area is 138 Å². The average molecular weight is 326 g/mol. The van der Waals surface area contributed by atoms with Crippen LogP contribution in [0, 0.1) is 0 Å². The monoisotopic (exact) mass is 326 g/mol. The molecule has 0 saturated carbocycles.